The summed E-state index contributed by atoms with van der Waals surface area (Å²) in [6, 6.07) is 11.4. The molecule has 2 N–H and O–H groups in total. The molecular formula is C21H22N2O3. The Morgan fingerprint density at radius 1 is 1.23 bits per heavy atom. The average molecular weight is 350 g/mol. The first-order valence-corrected chi connectivity index (χ1v) is 8.91. The number of hydrogen-bond donors (Lipinski definition) is 1. The summed E-state index contributed by atoms with van der Waals surface area (Å²) in [7, 11) is 1.61. The molecule has 1 amide bonds. The van der Waals surface area contributed by atoms with Crippen molar-refractivity contribution in [1.82, 2.24) is 4.90 Å². The van der Waals surface area contributed by atoms with Crippen molar-refractivity contribution in [2.45, 2.75) is 31.7 Å². The van der Waals surface area contributed by atoms with Crippen LogP contribution >= 0.6 is 0 Å². The number of nitrogens with two attached hydrogens (primary N) is 1. The second-order valence-corrected chi connectivity index (χ2v) is 7.07. The van der Waals surface area contributed by atoms with Crippen molar-refractivity contribution in [2.75, 3.05) is 19.4 Å². The number of benzene rings is 2. The molecule has 0 radical (unpaired) electrons. The SMILES string of the molecule is COc1ccc2c(c1)C(CC(=O)N1CCc3cc(N)ccc3C1)CC2=O. The van der Waals surface area contributed by atoms with Crippen LogP contribution in [0.5, 0.6) is 5.75 Å². The van der Waals surface area contributed by atoms with Crippen molar-refractivity contribution in [3.05, 3.63) is 58.7 Å². The third-order valence-electron chi connectivity index (χ3n) is 5.45. The average Bonchev–Trinajstić information content (AvgIpc) is 2.96. The second kappa shape index (κ2) is 6.48. The molecule has 5 nitrogen and oxygen atoms in total. The number of carbonyl (C=O) groups is 2. The smallest absolute Gasteiger partial charge is 0.223 e. The summed E-state index contributed by atoms with van der Waals surface area (Å²) in [5.41, 5.74) is 10.6. The number of ether oxygens (including phenoxy) is 1. The first-order chi connectivity index (χ1) is 12.5. The van der Waals surface area contributed by atoms with Gasteiger partial charge in [0.15, 0.2) is 5.78 Å². The van der Waals surface area contributed by atoms with Gasteiger partial charge in [0.25, 0.3) is 0 Å². The monoisotopic (exact) mass is 350 g/mol. The fourth-order valence-electron chi connectivity index (χ4n) is 4.01. The van der Waals surface area contributed by atoms with Crippen LogP contribution in [0.4, 0.5) is 5.69 Å². The maximum absolute atomic E-state index is 12.9. The van der Waals surface area contributed by atoms with E-state index in [0.717, 1.165) is 34.5 Å². The Balaban J connectivity index is 1.50. The number of anilines is 1. The molecule has 2 aliphatic rings. The van der Waals surface area contributed by atoms with E-state index in [-0.39, 0.29) is 17.6 Å². The number of nitrogens with zero attached hydrogens (tertiary/aromatic N) is 1. The fourth-order valence-corrected chi connectivity index (χ4v) is 4.01. The van der Waals surface area contributed by atoms with Gasteiger partial charge in [-0.05, 0) is 53.4 Å². The van der Waals surface area contributed by atoms with Crippen LogP contribution < -0.4 is 10.5 Å². The van der Waals surface area contributed by atoms with Gasteiger partial charge in [-0.25, -0.2) is 0 Å². The molecule has 1 unspecified atom stereocenters. The fraction of sp³-hybridized carbons (Fsp3) is 0.333. The zero-order chi connectivity index (χ0) is 18.3. The number of Topliss-reactive ketones (excluding diaryl/α,β-unsaturated/α-hetero) is 1. The number of carbonyl (C=O) groups excluding carboxylic acids is 2. The van der Waals surface area contributed by atoms with Crippen LogP contribution in [0, 0.1) is 0 Å². The Morgan fingerprint density at radius 3 is 2.88 bits per heavy atom. The number of amides is 1. The molecule has 2 aromatic rings. The number of methoxy groups -OCH3 is 1. The minimum Gasteiger partial charge on any atom is -0.497 e. The normalized spacial score (nSPS) is 18.4. The summed E-state index contributed by atoms with van der Waals surface area (Å²) < 4.78 is 5.28. The molecule has 1 heterocycles. The van der Waals surface area contributed by atoms with E-state index >= 15 is 0 Å². The van der Waals surface area contributed by atoms with E-state index in [4.69, 9.17) is 10.5 Å². The third kappa shape index (κ3) is 2.94. The summed E-state index contributed by atoms with van der Waals surface area (Å²) >= 11 is 0. The molecule has 26 heavy (non-hydrogen) atoms. The molecule has 1 aliphatic heterocycles. The summed E-state index contributed by atoms with van der Waals surface area (Å²) in [6.07, 6.45) is 1.57. The quantitative estimate of drug-likeness (QED) is 0.864. The Kier molecular flexibility index (Phi) is 4.15. The van der Waals surface area contributed by atoms with E-state index in [9.17, 15) is 9.59 Å². The number of ketones is 1. The molecule has 0 saturated heterocycles. The summed E-state index contributed by atoms with van der Waals surface area (Å²) in [6.45, 7) is 1.31. The molecule has 1 atom stereocenters. The number of hydrogen-bond acceptors (Lipinski definition) is 4. The van der Waals surface area contributed by atoms with Crippen molar-refractivity contribution in [1.29, 1.82) is 0 Å². The minimum atomic E-state index is -0.0621. The zero-order valence-electron chi connectivity index (χ0n) is 14.8. The Bertz CT molecular complexity index is 891. The third-order valence-corrected chi connectivity index (χ3v) is 5.45. The largest absolute Gasteiger partial charge is 0.497 e. The van der Waals surface area contributed by atoms with Gasteiger partial charge in [0.05, 0.1) is 7.11 Å². The van der Waals surface area contributed by atoms with Crippen molar-refractivity contribution < 1.29 is 14.3 Å². The number of fused-ring (bicyclic) bond motifs is 2. The summed E-state index contributed by atoms with van der Waals surface area (Å²) in [5, 5.41) is 0. The van der Waals surface area contributed by atoms with Crippen molar-refractivity contribution in [3.8, 4) is 5.75 Å². The van der Waals surface area contributed by atoms with E-state index < -0.39 is 0 Å². The van der Waals surface area contributed by atoms with Crippen molar-refractivity contribution in [3.63, 3.8) is 0 Å². The predicted molar refractivity (Wildman–Crippen MR) is 99.3 cm³/mol. The van der Waals surface area contributed by atoms with Gasteiger partial charge in [-0.3, -0.25) is 9.59 Å². The van der Waals surface area contributed by atoms with Gasteiger partial charge in [-0.15, -0.1) is 0 Å². The molecule has 4 rings (SSSR count). The topological polar surface area (TPSA) is 72.6 Å². The van der Waals surface area contributed by atoms with Crippen molar-refractivity contribution in [2.24, 2.45) is 0 Å². The Morgan fingerprint density at radius 2 is 2.08 bits per heavy atom. The van der Waals surface area contributed by atoms with Gasteiger partial charge in [0, 0.05) is 43.1 Å². The van der Waals surface area contributed by atoms with Gasteiger partial charge in [0.1, 0.15) is 5.75 Å². The Hall–Kier alpha value is -2.82. The highest BCUT2D eigenvalue weighted by Gasteiger charge is 2.33. The van der Waals surface area contributed by atoms with Gasteiger partial charge in [0.2, 0.25) is 5.91 Å². The lowest BCUT2D eigenvalue weighted by molar-refractivity contribution is -0.132. The molecule has 5 heteroatoms. The van der Waals surface area contributed by atoms with E-state index in [2.05, 4.69) is 0 Å². The van der Waals surface area contributed by atoms with Crippen LogP contribution in [0.1, 0.15) is 45.8 Å². The minimum absolute atomic E-state index is 0.0621. The maximum atomic E-state index is 12.9. The van der Waals surface area contributed by atoms with Crippen LogP contribution in [-0.4, -0.2) is 30.2 Å². The molecule has 0 saturated carbocycles. The highest BCUT2D eigenvalue weighted by atomic mass is 16.5. The summed E-state index contributed by atoms with van der Waals surface area (Å²) in [5.74, 6) is 0.870. The zero-order valence-corrected chi connectivity index (χ0v) is 14.8. The van der Waals surface area contributed by atoms with Crippen LogP contribution in [0.2, 0.25) is 0 Å². The van der Waals surface area contributed by atoms with E-state index in [1.807, 2.05) is 35.2 Å². The van der Waals surface area contributed by atoms with Gasteiger partial charge in [-0.2, -0.15) is 0 Å². The highest BCUT2D eigenvalue weighted by molar-refractivity contribution is 6.02. The van der Waals surface area contributed by atoms with E-state index in [1.165, 1.54) is 5.56 Å². The lowest BCUT2D eigenvalue weighted by atomic mass is 9.95. The van der Waals surface area contributed by atoms with Gasteiger partial charge in [-0.1, -0.05) is 6.07 Å². The second-order valence-electron chi connectivity index (χ2n) is 7.07. The lowest BCUT2D eigenvalue weighted by Gasteiger charge is -2.30. The Labute approximate surface area is 152 Å². The first-order valence-electron chi connectivity index (χ1n) is 8.91. The standard InChI is InChI=1S/C21H22N2O3/c1-26-17-4-5-18-19(11-17)15(9-20(18)24)10-21(25)23-7-6-13-8-16(22)3-2-14(13)12-23/h2-5,8,11,15H,6-7,9-10,12,22H2,1H3. The molecule has 0 bridgehead atoms. The number of nitrogen functional groups attached to an aromatic ring is 1. The van der Waals surface area contributed by atoms with Crippen molar-refractivity contribution >= 4 is 17.4 Å². The first kappa shape index (κ1) is 16.6. The van der Waals surface area contributed by atoms with Crippen LogP contribution in [-0.2, 0) is 17.8 Å². The van der Waals surface area contributed by atoms with Gasteiger partial charge >= 0.3 is 0 Å². The highest BCUT2D eigenvalue weighted by Crippen LogP contribution is 2.38. The summed E-state index contributed by atoms with van der Waals surface area (Å²) in [4.78, 5) is 27.0. The molecule has 0 spiro atoms. The molecular weight excluding hydrogens is 328 g/mol. The van der Waals surface area contributed by atoms with E-state index in [0.29, 0.717) is 25.9 Å². The predicted octanol–water partition coefficient (Wildman–Crippen LogP) is 2.92. The lowest BCUT2D eigenvalue weighted by Crippen LogP contribution is -2.36. The van der Waals surface area contributed by atoms with Gasteiger partial charge < -0.3 is 15.4 Å². The maximum Gasteiger partial charge on any atom is 0.223 e. The molecule has 0 aromatic heterocycles. The molecule has 0 fully saturated rings. The number of rotatable bonds is 3. The molecule has 1 aliphatic carbocycles. The van der Waals surface area contributed by atoms with Crippen LogP contribution in [0.3, 0.4) is 0 Å². The molecule has 2 aromatic carbocycles. The molecule has 134 valence electrons. The van der Waals surface area contributed by atoms with E-state index in [1.54, 1.807) is 13.2 Å². The van der Waals surface area contributed by atoms with Crippen LogP contribution in [0.25, 0.3) is 0 Å². The van der Waals surface area contributed by atoms with Crippen LogP contribution in [0.15, 0.2) is 36.4 Å².